The molecule has 2 atom stereocenters. The van der Waals surface area contributed by atoms with Crippen LogP contribution < -0.4 is 5.73 Å². The Bertz CT molecular complexity index is 1130. The van der Waals surface area contributed by atoms with Gasteiger partial charge in [0.05, 0.1) is 13.2 Å². The van der Waals surface area contributed by atoms with Crippen molar-refractivity contribution >= 4 is 19.8 Å². The molecule has 10 heteroatoms. The first-order chi connectivity index (χ1) is 26.8. The zero-order chi connectivity index (χ0) is 40.3. The summed E-state index contributed by atoms with van der Waals surface area (Å²) in [5.41, 5.74) is 5.34. The summed E-state index contributed by atoms with van der Waals surface area (Å²) in [6.45, 7) is 3.55. The minimum absolute atomic E-state index is 0.0436. The fourth-order valence-corrected chi connectivity index (χ4v) is 6.18. The number of hydrogen-bond donors (Lipinski definition) is 2. The van der Waals surface area contributed by atoms with Crippen molar-refractivity contribution in [1.82, 2.24) is 0 Å². The Kier molecular flexibility index (Phi) is 39.2. The van der Waals surface area contributed by atoms with Gasteiger partial charge in [-0.1, -0.05) is 145 Å². The second kappa shape index (κ2) is 41.1. The molecular weight excluding hydrogens is 713 g/mol. The molecule has 3 N–H and O–H groups in total. The second-order valence-corrected chi connectivity index (χ2v) is 15.3. The monoisotopic (exact) mass is 792 g/mol. The number of nitrogens with two attached hydrogens (primary N) is 1. The lowest BCUT2D eigenvalue weighted by Gasteiger charge is -2.19. The SMILES string of the molecule is CC/C=C/C/C=C/C/C=C/C/C=C/C/C=C/CCCCCC(=O)O[C@H](COC(=O)CCCCCCCCC/C=C/CCCCCC)COP(=O)(O)OCCN. The van der Waals surface area contributed by atoms with Crippen molar-refractivity contribution in [2.75, 3.05) is 26.4 Å². The fourth-order valence-electron chi connectivity index (χ4n) is 5.42. The largest absolute Gasteiger partial charge is 0.472 e. The average Bonchev–Trinajstić information content (AvgIpc) is 3.17. The summed E-state index contributed by atoms with van der Waals surface area (Å²) >= 11 is 0. The number of rotatable bonds is 39. The minimum Gasteiger partial charge on any atom is -0.462 e. The molecule has 55 heavy (non-hydrogen) atoms. The number of phosphoric acid groups is 1. The van der Waals surface area contributed by atoms with Crippen LogP contribution in [0.2, 0.25) is 0 Å². The molecule has 1 unspecified atom stereocenters. The van der Waals surface area contributed by atoms with Gasteiger partial charge in [0.2, 0.25) is 0 Å². The number of allylic oxidation sites excluding steroid dienone is 12. The predicted octanol–water partition coefficient (Wildman–Crippen LogP) is 12.3. The lowest BCUT2D eigenvalue weighted by Crippen LogP contribution is -2.29. The van der Waals surface area contributed by atoms with Crippen molar-refractivity contribution < 1.29 is 37.6 Å². The molecular formula is C45H78NO8P. The number of unbranched alkanes of at least 4 members (excludes halogenated alkanes) is 14. The summed E-state index contributed by atoms with van der Waals surface area (Å²) in [5, 5.41) is 0. The van der Waals surface area contributed by atoms with Crippen LogP contribution in [0.1, 0.15) is 168 Å². The van der Waals surface area contributed by atoms with E-state index in [0.717, 1.165) is 83.5 Å². The van der Waals surface area contributed by atoms with Crippen LogP contribution in [0.3, 0.4) is 0 Å². The van der Waals surface area contributed by atoms with Gasteiger partial charge in [-0.25, -0.2) is 4.57 Å². The Labute approximate surface area is 335 Å². The van der Waals surface area contributed by atoms with E-state index in [1.54, 1.807) is 0 Å². The Morgan fingerprint density at radius 2 is 1.00 bits per heavy atom. The molecule has 0 aliphatic rings. The quantitative estimate of drug-likeness (QED) is 0.0270. The van der Waals surface area contributed by atoms with Crippen molar-refractivity contribution in [3.05, 3.63) is 72.9 Å². The maximum absolute atomic E-state index is 12.6. The molecule has 9 nitrogen and oxygen atoms in total. The van der Waals surface area contributed by atoms with Gasteiger partial charge < -0.3 is 20.1 Å². The van der Waals surface area contributed by atoms with Gasteiger partial charge in [0.25, 0.3) is 0 Å². The first-order valence-corrected chi connectivity index (χ1v) is 22.9. The zero-order valence-electron chi connectivity index (χ0n) is 34.6. The van der Waals surface area contributed by atoms with E-state index in [-0.39, 0.29) is 32.6 Å². The van der Waals surface area contributed by atoms with E-state index in [1.807, 2.05) is 0 Å². The summed E-state index contributed by atoms with van der Waals surface area (Å²) in [4.78, 5) is 34.9. The zero-order valence-corrected chi connectivity index (χ0v) is 35.5. The lowest BCUT2D eigenvalue weighted by atomic mass is 10.1. The molecule has 0 radical (unpaired) electrons. The molecule has 0 rings (SSSR count). The van der Waals surface area contributed by atoms with E-state index in [9.17, 15) is 19.0 Å². The van der Waals surface area contributed by atoms with Gasteiger partial charge in [0.15, 0.2) is 6.10 Å². The van der Waals surface area contributed by atoms with E-state index in [4.69, 9.17) is 24.3 Å². The summed E-state index contributed by atoms with van der Waals surface area (Å²) in [7, 11) is -4.39. The Balaban J connectivity index is 4.25. The van der Waals surface area contributed by atoms with E-state index >= 15 is 0 Å². The fraction of sp³-hybridized carbons (Fsp3) is 0.689. The number of esters is 2. The number of phosphoric ester groups is 1. The maximum Gasteiger partial charge on any atom is 0.472 e. The van der Waals surface area contributed by atoms with Crippen molar-refractivity contribution in [3.8, 4) is 0 Å². The van der Waals surface area contributed by atoms with Gasteiger partial charge in [-0.05, 0) is 83.5 Å². The summed E-state index contributed by atoms with van der Waals surface area (Å²) in [6.07, 6.45) is 49.3. The molecule has 0 fully saturated rings. The highest BCUT2D eigenvalue weighted by molar-refractivity contribution is 7.47. The van der Waals surface area contributed by atoms with E-state index < -0.39 is 32.5 Å². The number of hydrogen-bond acceptors (Lipinski definition) is 8. The highest BCUT2D eigenvalue weighted by Gasteiger charge is 2.25. The first-order valence-electron chi connectivity index (χ1n) is 21.4. The molecule has 316 valence electrons. The normalized spacial score (nSPS) is 14.0. The third kappa shape index (κ3) is 40.9. The molecule has 0 heterocycles. The van der Waals surface area contributed by atoms with Crippen molar-refractivity contribution in [2.45, 2.75) is 174 Å². The van der Waals surface area contributed by atoms with Crippen LogP contribution in [-0.4, -0.2) is 49.3 Å². The standard InChI is InChI=1S/C45H78NO8P/c1-3-5-7-9-11-13-15-17-19-20-21-22-24-26-28-30-32-34-36-38-45(48)54-43(42-53-55(49,50)52-40-39-46)41-51-44(47)37-35-33-31-29-27-25-23-18-16-14-12-10-8-6-4-2/h5,7,11,13-14,16-17,19,21-22,26,28,43H,3-4,6,8-10,12,15,18,20,23-25,27,29-42,46H2,1-2H3,(H,49,50)/b7-5+,13-11+,16-14+,19-17+,22-21+,28-26+/t43-/m1/s1. The topological polar surface area (TPSA) is 134 Å². The Morgan fingerprint density at radius 1 is 0.564 bits per heavy atom. The van der Waals surface area contributed by atoms with Crippen molar-refractivity contribution in [3.63, 3.8) is 0 Å². The van der Waals surface area contributed by atoms with Crippen LogP contribution in [0.15, 0.2) is 72.9 Å². The van der Waals surface area contributed by atoms with Crippen LogP contribution in [0.25, 0.3) is 0 Å². The molecule has 0 aromatic carbocycles. The minimum atomic E-state index is -4.39. The molecule has 0 spiro atoms. The molecule has 0 aromatic heterocycles. The van der Waals surface area contributed by atoms with Crippen LogP contribution >= 0.6 is 7.82 Å². The Morgan fingerprint density at radius 3 is 1.53 bits per heavy atom. The van der Waals surface area contributed by atoms with Crippen molar-refractivity contribution in [2.24, 2.45) is 5.73 Å². The summed E-state index contributed by atoms with van der Waals surface area (Å²) in [6, 6.07) is 0. The van der Waals surface area contributed by atoms with Crippen molar-refractivity contribution in [1.29, 1.82) is 0 Å². The van der Waals surface area contributed by atoms with Crippen LogP contribution in [0, 0.1) is 0 Å². The molecule has 0 bridgehead atoms. The summed E-state index contributed by atoms with van der Waals surface area (Å²) < 4.78 is 32.7. The number of ether oxygens (including phenoxy) is 2. The van der Waals surface area contributed by atoms with Crippen LogP contribution in [0.5, 0.6) is 0 Å². The Hall–Kier alpha value is -2.55. The third-order valence-electron chi connectivity index (χ3n) is 8.58. The molecule has 0 aliphatic carbocycles. The molecule has 0 amide bonds. The second-order valence-electron chi connectivity index (χ2n) is 13.8. The maximum atomic E-state index is 12.6. The van der Waals surface area contributed by atoms with Gasteiger partial charge in [0, 0.05) is 19.4 Å². The van der Waals surface area contributed by atoms with Gasteiger partial charge in [0.1, 0.15) is 6.61 Å². The van der Waals surface area contributed by atoms with Crippen LogP contribution in [0.4, 0.5) is 0 Å². The first kappa shape index (κ1) is 52.5. The predicted molar refractivity (Wildman–Crippen MR) is 229 cm³/mol. The highest BCUT2D eigenvalue weighted by atomic mass is 31.2. The highest BCUT2D eigenvalue weighted by Crippen LogP contribution is 2.43. The third-order valence-corrected chi connectivity index (χ3v) is 9.56. The van der Waals surface area contributed by atoms with Gasteiger partial charge in [-0.2, -0.15) is 0 Å². The number of carbonyl (C=O) groups is 2. The molecule has 0 saturated heterocycles. The van der Waals surface area contributed by atoms with Gasteiger partial charge >= 0.3 is 19.8 Å². The van der Waals surface area contributed by atoms with E-state index in [1.165, 1.54) is 51.4 Å². The summed E-state index contributed by atoms with van der Waals surface area (Å²) in [5.74, 6) is -0.877. The molecule has 0 aliphatic heterocycles. The number of carbonyl (C=O) groups excluding carboxylic acids is 2. The average molecular weight is 792 g/mol. The van der Waals surface area contributed by atoms with E-state index in [0.29, 0.717) is 6.42 Å². The van der Waals surface area contributed by atoms with Crippen LogP contribution in [-0.2, 0) is 32.7 Å². The lowest BCUT2D eigenvalue weighted by molar-refractivity contribution is -0.161. The smallest absolute Gasteiger partial charge is 0.462 e. The van der Waals surface area contributed by atoms with E-state index in [2.05, 4.69) is 86.8 Å². The van der Waals surface area contributed by atoms with Gasteiger partial charge in [-0.15, -0.1) is 0 Å². The van der Waals surface area contributed by atoms with Gasteiger partial charge in [-0.3, -0.25) is 18.6 Å². The molecule has 0 saturated carbocycles. The molecule has 0 aromatic rings.